The highest BCUT2D eigenvalue weighted by atomic mass is 32.2. The molecular weight excluding hydrogens is 464 g/mol. The van der Waals surface area contributed by atoms with E-state index >= 15 is 0 Å². The summed E-state index contributed by atoms with van der Waals surface area (Å²) in [4.78, 5) is 16.3. The first kappa shape index (κ1) is 25.1. The smallest absolute Gasteiger partial charge is 0.323 e. The highest BCUT2D eigenvalue weighted by molar-refractivity contribution is 7.90. The van der Waals surface area contributed by atoms with E-state index < -0.39 is 32.8 Å². The maximum atomic E-state index is 13.4. The van der Waals surface area contributed by atoms with E-state index in [-0.39, 0.29) is 22.7 Å². The van der Waals surface area contributed by atoms with Gasteiger partial charge in [-0.1, -0.05) is 39.0 Å². The molecule has 0 aliphatic carbocycles. The Bertz CT molecular complexity index is 1310. The van der Waals surface area contributed by atoms with Crippen LogP contribution in [-0.4, -0.2) is 25.7 Å². The van der Waals surface area contributed by atoms with Crippen LogP contribution in [0.4, 0.5) is 25.0 Å². The van der Waals surface area contributed by atoms with E-state index in [4.69, 9.17) is 4.74 Å². The van der Waals surface area contributed by atoms with Crippen molar-refractivity contribution in [3.8, 4) is 11.6 Å². The topological polar surface area (TPSA) is 97.4 Å². The third kappa shape index (κ3) is 6.07. The Balaban J connectivity index is 1.82. The lowest BCUT2D eigenvalue weighted by molar-refractivity contribution is 0.148. The molecule has 0 atom stereocenters. The minimum atomic E-state index is -3.85. The number of aromatic nitrogens is 1. The summed E-state index contributed by atoms with van der Waals surface area (Å²) in [5, 5.41) is 5.02. The third-order valence-corrected chi connectivity index (χ3v) is 5.99. The number of ether oxygens (including phenoxy) is 1. The summed E-state index contributed by atoms with van der Waals surface area (Å²) in [7, 11) is -3.85. The van der Waals surface area contributed by atoms with Crippen LogP contribution in [0, 0.1) is 0 Å². The van der Waals surface area contributed by atoms with Crippen molar-refractivity contribution < 1.29 is 26.7 Å². The zero-order chi connectivity index (χ0) is 25.1. The van der Waals surface area contributed by atoms with Gasteiger partial charge in [-0.25, -0.2) is 27.0 Å². The molecule has 7 nitrogen and oxygen atoms in total. The van der Waals surface area contributed by atoms with Crippen LogP contribution in [0.2, 0.25) is 0 Å². The molecule has 0 fully saturated rings. The number of hydrogen-bond acceptors (Lipinski definition) is 5. The number of sulfone groups is 1. The summed E-state index contributed by atoms with van der Waals surface area (Å²) < 4.78 is 56.3. The van der Waals surface area contributed by atoms with Crippen LogP contribution in [0.15, 0.2) is 65.7 Å². The summed E-state index contributed by atoms with van der Waals surface area (Å²) in [6, 6.07) is 13.1. The first-order chi connectivity index (χ1) is 15.9. The molecule has 0 aliphatic rings. The van der Waals surface area contributed by atoms with E-state index in [9.17, 15) is 22.0 Å². The summed E-state index contributed by atoms with van der Waals surface area (Å²) >= 11 is 0. The van der Waals surface area contributed by atoms with Crippen molar-refractivity contribution in [3.05, 3.63) is 71.9 Å². The Labute approximate surface area is 197 Å². The van der Waals surface area contributed by atoms with Crippen molar-refractivity contribution in [1.29, 1.82) is 0 Å². The number of amides is 2. The predicted molar refractivity (Wildman–Crippen MR) is 127 cm³/mol. The normalized spacial score (nSPS) is 11.9. The molecule has 0 saturated heterocycles. The fraction of sp³-hybridized carbons (Fsp3) is 0.250. The van der Waals surface area contributed by atoms with Gasteiger partial charge >= 0.3 is 6.03 Å². The number of anilines is 2. The van der Waals surface area contributed by atoms with Crippen molar-refractivity contribution >= 4 is 27.2 Å². The number of alkyl halides is 2. The molecule has 180 valence electrons. The van der Waals surface area contributed by atoms with Crippen LogP contribution in [-0.2, 0) is 15.3 Å². The van der Waals surface area contributed by atoms with E-state index in [1.54, 1.807) is 18.2 Å². The summed E-state index contributed by atoms with van der Waals surface area (Å²) in [5.41, 5.74) is 0.317. The molecule has 0 aliphatic heterocycles. The maximum absolute atomic E-state index is 13.4. The van der Waals surface area contributed by atoms with E-state index in [1.807, 2.05) is 39.0 Å². The fourth-order valence-electron chi connectivity index (χ4n) is 3.27. The van der Waals surface area contributed by atoms with Gasteiger partial charge in [0.05, 0.1) is 4.90 Å². The minimum Gasteiger partial charge on any atom is -0.437 e. The SMILES string of the molecule is CC(C)(C)c1ccccc1Oc1ncccc1NC(=O)Nc1ccc(S(C)(=O)=O)c(C(F)F)c1. The summed E-state index contributed by atoms with van der Waals surface area (Å²) in [6.45, 7) is 6.13. The number of rotatable bonds is 6. The second-order valence-corrected chi connectivity index (χ2v) is 10.6. The molecule has 0 spiro atoms. The summed E-state index contributed by atoms with van der Waals surface area (Å²) in [6.07, 6.45) is -0.678. The molecule has 10 heteroatoms. The van der Waals surface area contributed by atoms with Crippen LogP contribution in [0.1, 0.15) is 38.3 Å². The fourth-order valence-corrected chi connectivity index (χ4v) is 4.16. The molecular formula is C24H25F2N3O4S. The first-order valence-electron chi connectivity index (χ1n) is 10.3. The molecule has 0 unspecified atom stereocenters. The van der Waals surface area contributed by atoms with Crippen molar-refractivity contribution in [2.45, 2.75) is 37.5 Å². The van der Waals surface area contributed by atoms with Crippen LogP contribution in [0.5, 0.6) is 11.6 Å². The zero-order valence-corrected chi connectivity index (χ0v) is 19.9. The first-order valence-corrected chi connectivity index (χ1v) is 12.2. The summed E-state index contributed by atoms with van der Waals surface area (Å²) in [5.74, 6) is 0.727. The number of benzene rings is 2. The van der Waals surface area contributed by atoms with Gasteiger partial charge in [0.25, 0.3) is 6.43 Å². The molecule has 2 amide bonds. The largest absolute Gasteiger partial charge is 0.437 e. The Morgan fingerprint density at radius 1 is 1.03 bits per heavy atom. The second kappa shape index (κ2) is 9.76. The average molecular weight is 490 g/mol. The second-order valence-electron chi connectivity index (χ2n) is 8.61. The Morgan fingerprint density at radius 2 is 1.74 bits per heavy atom. The van der Waals surface area contributed by atoms with Crippen LogP contribution in [0.25, 0.3) is 0 Å². The minimum absolute atomic E-state index is 0.00429. The maximum Gasteiger partial charge on any atom is 0.323 e. The molecule has 1 heterocycles. The van der Waals surface area contributed by atoms with Gasteiger partial charge in [-0.05, 0) is 41.8 Å². The number of carbonyl (C=O) groups is 1. The Kier molecular flexibility index (Phi) is 7.21. The van der Waals surface area contributed by atoms with Crippen molar-refractivity contribution in [1.82, 2.24) is 4.98 Å². The van der Waals surface area contributed by atoms with Crippen LogP contribution in [0.3, 0.4) is 0 Å². The van der Waals surface area contributed by atoms with E-state index in [1.165, 1.54) is 12.3 Å². The Hall–Kier alpha value is -3.53. The van der Waals surface area contributed by atoms with Gasteiger partial charge in [0.15, 0.2) is 9.84 Å². The van der Waals surface area contributed by atoms with Gasteiger partial charge in [0, 0.05) is 29.3 Å². The molecule has 3 aromatic rings. The van der Waals surface area contributed by atoms with Crippen LogP contribution < -0.4 is 15.4 Å². The van der Waals surface area contributed by atoms with Crippen molar-refractivity contribution in [2.75, 3.05) is 16.9 Å². The number of urea groups is 1. The molecule has 34 heavy (non-hydrogen) atoms. The number of hydrogen-bond donors (Lipinski definition) is 2. The standard InChI is InChI=1S/C24H25F2N3O4S/c1-24(2,3)17-8-5-6-10-19(17)33-22-18(9-7-13-27-22)29-23(30)28-15-11-12-20(34(4,31)32)16(14-15)21(25)26/h5-14,21H,1-4H3,(H2,28,29,30). The lowest BCUT2D eigenvalue weighted by Gasteiger charge is -2.22. The average Bonchev–Trinajstić information content (AvgIpc) is 2.74. The van der Waals surface area contributed by atoms with Crippen LogP contribution >= 0.6 is 0 Å². The molecule has 0 bridgehead atoms. The molecule has 0 radical (unpaired) electrons. The molecule has 1 aromatic heterocycles. The quantitative estimate of drug-likeness (QED) is 0.432. The van der Waals surface area contributed by atoms with Crippen molar-refractivity contribution in [3.63, 3.8) is 0 Å². The molecule has 0 saturated carbocycles. The lowest BCUT2D eigenvalue weighted by Crippen LogP contribution is -2.20. The number of carbonyl (C=O) groups excluding carboxylic acids is 1. The Morgan fingerprint density at radius 3 is 2.38 bits per heavy atom. The van der Waals surface area contributed by atoms with Gasteiger partial charge in [0.2, 0.25) is 5.88 Å². The monoisotopic (exact) mass is 489 g/mol. The van der Waals surface area contributed by atoms with Gasteiger partial charge in [-0.3, -0.25) is 0 Å². The number of halogens is 2. The van der Waals surface area contributed by atoms with Gasteiger partial charge in [-0.2, -0.15) is 0 Å². The van der Waals surface area contributed by atoms with Crippen molar-refractivity contribution in [2.24, 2.45) is 0 Å². The van der Waals surface area contributed by atoms with Gasteiger partial charge < -0.3 is 15.4 Å². The molecule has 3 rings (SSSR count). The zero-order valence-electron chi connectivity index (χ0n) is 19.1. The van der Waals surface area contributed by atoms with Gasteiger partial charge in [0.1, 0.15) is 11.4 Å². The number of para-hydroxylation sites is 1. The predicted octanol–water partition coefficient (Wildman–Crippen LogP) is 6.16. The van der Waals surface area contributed by atoms with E-state index in [0.29, 0.717) is 5.75 Å². The highest BCUT2D eigenvalue weighted by Crippen LogP contribution is 2.35. The van der Waals surface area contributed by atoms with Gasteiger partial charge in [-0.15, -0.1) is 0 Å². The van der Waals surface area contributed by atoms with E-state index in [0.717, 1.165) is 24.0 Å². The molecule has 2 aromatic carbocycles. The number of nitrogens with one attached hydrogen (secondary N) is 2. The van der Waals surface area contributed by atoms with E-state index in [2.05, 4.69) is 15.6 Å². The third-order valence-electron chi connectivity index (χ3n) is 4.82. The number of nitrogens with zero attached hydrogens (tertiary/aromatic N) is 1. The molecule has 2 N–H and O–H groups in total. The lowest BCUT2D eigenvalue weighted by atomic mass is 9.86. The highest BCUT2D eigenvalue weighted by Gasteiger charge is 2.22. The number of pyridine rings is 1.